The molecule has 0 N–H and O–H groups in total. The molecule has 7 aromatic rings. The van der Waals surface area contributed by atoms with Gasteiger partial charge in [0.15, 0.2) is 0 Å². The Balaban J connectivity index is 1.49. The molecule has 0 fully saturated rings. The molecule has 0 bridgehead atoms. The van der Waals surface area contributed by atoms with Gasteiger partial charge in [0.1, 0.15) is 11.2 Å². The molecule has 6 aromatic carbocycles. The Kier molecular flexibility index (Phi) is 4.24. The van der Waals surface area contributed by atoms with Gasteiger partial charge in [-0.15, -0.1) is 0 Å². The molecule has 0 aliphatic carbocycles. The molecule has 1 heterocycles. The maximum atomic E-state index is 9.40. The van der Waals surface area contributed by atoms with Crippen molar-refractivity contribution in [2.24, 2.45) is 0 Å². The first-order chi connectivity index (χ1) is 17.3. The summed E-state index contributed by atoms with van der Waals surface area (Å²) in [7, 11) is 0. The van der Waals surface area contributed by atoms with Crippen LogP contribution in [0.1, 0.15) is 5.56 Å². The maximum Gasteiger partial charge on any atom is 0.143 e. The van der Waals surface area contributed by atoms with Crippen LogP contribution in [0.25, 0.3) is 65.7 Å². The quantitative estimate of drug-likeness (QED) is 0.249. The summed E-state index contributed by atoms with van der Waals surface area (Å²) in [6.45, 7) is 0. The molecule has 0 aliphatic rings. The summed E-state index contributed by atoms with van der Waals surface area (Å²) < 4.78 is 6.31. The number of fused-ring (bicyclic) bond motifs is 6. The van der Waals surface area contributed by atoms with Crippen molar-refractivity contribution in [1.29, 1.82) is 5.26 Å². The van der Waals surface area contributed by atoms with Crippen molar-refractivity contribution in [3.63, 3.8) is 0 Å². The minimum atomic E-state index is 0.668. The van der Waals surface area contributed by atoms with Crippen LogP contribution >= 0.6 is 0 Å². The summed E-state index contributed by atoms with van der Waals surface area (Å²) in [5.41, 5.74) is 6.91. The number of benzene rings is 6. The molecule has 2 nitrogen and oxygen atoms in total. The molecule has 0 amide bonds. The summed E-state index contributed by atoms with van der Waals surface area (Å²) in [6.07, 6.45) is 0. The highest BCUT2D eigenvalue weighted by Crippen LogP contribution is 2.39. The van der Waals surface area contributed by atoms with Crippen LogP contribution in [-0.4, -0.2) is 0 Å². The number of hydrogen-bond acceptors (Lipinski definition) is 2. The Hall–Kier alpha value is -4.87. The molecule has 1 aromatic heterocycles. The summed E-state index contributed by atoms with van der Waals surface area (Å²) in [6, 6.07) is 42.0. The van der Waals surface area contributed by atoms with Gasteiger partial charge in [-0.05, 0) is 68.6 Å². The van der Waals surface area contributed by atoms with Gasteiger partial charge in [0, 0.05) is 16.3 Å². The van der Waals surface area contributed by atoms with Crippen LogP contribution in [-0.2, 0) is 0 Å². The van der Waals surface area contributed by atoms with Crippen molar-refractivity contribution in [2.75, 3.05) is 0 Å². The molecule has 0 atom stereocenters. The van der Waals surface area contributed by atoms with Crippen molar-refractivity contribution in [3.05, 3.63) is 121 Å². The number of furan rings is 1. The lowest BCUT2D eigenvalue weighted by atomic mass is 9.91. The molecule has 35 heavy (non-hydrogen) atoms. The third-order valence-electron chi connectivity index (χ3n) is 6.88. The average Bonchev–Trinajstić information content (AvgIpc) is 3.31. The van der Waals surface area contributed by atoms with Gasteiger partial charge in [0.2, 0.25) is 0 Å². The van der Waals surface area contributed by atoms with Crippen LogP contribution in [0.2, 0.25) is 0 Å². The maximum absolute atomic E-state index is 9.40. The average molecular weight is 446 g/mol. The Morgan fingerprint density at radius 1 is 0.514 bits per heavy atom. The minimum absolute atomic E-state index is 0.668. The van der Waals surface area contributed by atoms with Crippen LogP contribution in [0.3, 0.4) is 0 Å². The van der Waals surface area contributed by atoms with Gasteiger partial charge in [-0.1, -0.05) is 84.9 Å². The summed E-state index contributed by atoms with van der Waals surface area (Å²) >= 11 is 0. The van der Waals surface area contributed by atoms with Crippen LogP contribution < -0.4 is 0 Å². The van der Waals surface area contributed by atoms with Gasteiger partial charge in [0.25, 0.3) is 0 Å². The van der Waals surface area contributed by atoms with E-state index in [9.17, 15) is 5.26 Å². The second kappa shape index (κ2) is 7.58. The number of hydrogen-bond donors (Lipinski definition) is 0. The van der Waals surface area contributed by atoms with Gasteiger partial charge in [0.05, 0.1) is 11.6 Å². The first kappa shape index (κ1) is 19.6. The lowest BCUT2D eigenvalue weighted by Crippen LogP contribution is -1.87. The van der Waals surface area contributed by atoms with Crippen LogP contribution in [0, 0.1) is 11.3 Å². The van der Waals surface area contributed by atoms with Crippen LogP contribution in [0.5, 0.6) is 0 Å². The molecule has 0 radical (unpaired) electrons. The SMILES string of the molecule is N#Cc1cccc(-c2cc3ccc(-c4cccc5c4oc4ccccc45)cc3c3ccccc23)c1. The lowest BCUT2D eigenvalue weighted by molar-refractivity contribution is 0.670. The zero-order valence-corrected chi connectivity index (χ0v) is 18.8. The first-order valence-corrected chi connectivity index (χ1v) is 11.7. The highest BCUT2D eigenvalue weighted by molar-refractivity contribution is 6.15. The van der Waals surface area contributed by atoms with E-state index in [-0.39, 0.29) is 0 Å². The van der Waals surface area contributed by atoms with Crippen LogP contribution in [0.4, 0.5) is 0 Å². The van der Waals surface area contributed by atoms with Gasteiger partial charge in [-0.2, -0.15) is 5.26 Å². The van der Waals surface area contributed by atoms with Gasteiger partial charge < -0.3 is 4.42 Å². The zero-order chi connectivity index (χ0) is 23.4. The first-order valence-electron chi connectivity index (χ1n) is 11.7. The predicted octanol–water partition coefficient (Wildman–Crippen LogP) is 9.10. The fourth-order valence-corrected chi connectivity index (χ4v) is 5.24. The largest absolute Gasteiger partial charge is 0.455 e. The summed E-state index contributed by atoms with van der Waals surface area (Å²) in [5, 5.41) is 16.4. The molecule has 162 valence electrons. The van der Waals surface area contributed by atoms with Crippen LogP contribution in [0.15, 0.2) is 120 Å². The number of nitriles is 1. The minimum Gasteiger partial charge on any atom is -0.455 e. The summed E-state index contributed by atoms with van der Waals surface area (Å²) in [4.78, 5) is 0. The van der Waals surface area contributed by atoms with Crippen molar-refractivity contribution in [3.8, 4) is 28.3 Å². The number of nitrogens with zero attached hydrogens (tertiary/aromatic N) is 1. The van der Waals surface area contributed by atoms with E-state index in [0.717, 1.165) is 44.2 Å². The van der Waals surface area contributed by atoms with E-state index >= 15 is 0 Å². The van der Waals surface area contributed by atoms with Gasteiger partial charge >= 0.3 is 0 Å². The molecule has 2 heteroatoms. The van der Waals surface area contributed by atoms with E-state index in [0.29, 0.717) is 5.56 Å². The van der Waals surface area contributed by atoms with E-state index in [2.05, 4.69) is 91.0 Å². The van der Waals surface area contributed by atoms with E-state index in [1.54, 1.807) is 0 Å². The number of para-hydroxylation sites is 2. The Bertz CT molecular complexity index is 1970. The predicted molar refractivity (Wildman–Crippen MR) is 144 cm³/mol. The fraction of sp³-hybridized carbons (Fsp3) is 0. The molecular formula is C33H19NO. The highest BCUT2D eigenvalue weighted by atomic mass is 16.3. The molecule has 0 spiro atoms. The van der Waals surface area contributed by atoms with E-state index in [1.165, 1.54) is 21.5 Å². The molecular weight excluding hydrogens is 426 g/mol. The molecule has 7 rings (SSSR count). The molecule has 0 unspecified atom stereocenters. The van der Waals surface area contributed by atoms with Crippen molar-refractivity contribution in [1.82, 2.24) is 0 Å². The normalized spacial score (nSPS) is 11.4. The van der Waals surface area contributed by atoms with E-state index < -0.39 is 0 Å². The third kappa shape index (κ3) is 3.03. The van der Waals surface area contributed by atoms with E-state index in [1.807, 2.05) is 30.3 Å². The lowest BCUT2D eigenvalue weighted by Gasteiger charge is -2.13. The molecule has 0 saturated heterocycles. The monoisotopic (exact) mass is 445 g/mol. The summed E-state index contributed by atoms with van der Waals surface area (Å²) in [5.74, 6) is 0. The standard InChI is InChI=1S/C33H19NO/c34-20-21-7-5-8-22(17-21)30-19-24-16-15-23(18-31(24)27-10-2-1-9-26(27)30)25-12-6-13-29-28-11-3-4-14-32(28)35-33(25)29/h1-19H. The highest BCUT2D eigenvalue weighted by Gasteiger charge is 2.14. The van der Waals surface area contributed by atoms with Gasteiger partial charge in [-0.3, -0.25) is 0 Å². The zero-order valence-electron chi connectivity index (χ0n) is 18.8. The smallest absolute Gasteiger partial charge is 0.143 e. The van der Waals surface area contributed by atoms with E-state index in [4.69, 9.17) is 4.42 Å². The Labute approximate surface area is 202 Å². The van der Waals surface area contributed by atoms with Crippen molar-refractivity contribution >= 4 is 43.5 Å². The second-order valence-electron chi connectivity index (χ2n) is 8.88. The van der Waals surface area contributed by atoms with Crippen molar-refractivity contribution < 1.29 is 4.42 Å². The topological polar surface area (TPSA) is 36.9 Å². The van der Waals surface area contributed by atoms with Crippen molar-refractivity contribution in [2.45, 2.75) is 0 Å². The third-order valence-corrected chi connectivity index (χ3v) is 6.88. The Morgan fingerprint density at radius 2 is 1.26 bits per heavy atom. The fourth-order valence-electron chi connectivity index (χ4n) is 5.24. The second-order valence-corrected chi connectivity index (χ2v) is 8.88. The van der Waals surface area contributed by atoms with Gasteiger partial charge in [-0.25, -0.2) is 0 Å². The molecule has 0 aliphatic heterocycles. The number of rotatable bonds is 2. The Morgan fingerprint density at radius 3 is 2.14 bits per heavy atom. The molecule has 0 saturated carbocycles.